The summed E-state index contributed by atoms with van der Waals surface area (Å²) in [5.41, 5.74) is 3.53. The van der Waals surface area contributed by atoms with Crippen LogP contribution in [0.4, 0.5) is 27.6 Å². The van der Waals surface area contributed by atoms with Crippen LogP contribution >= 0.6 is 0 Å². The summed E-state index contributed by atoms with van der Waals surface area (Å²) < 4.78 is 62.4. The van der Waals surface area contributed by atoms with E-state index in [9.17, 15) is 47.4 Å². The number of carbonyl (C=O) groups excluding carboxylic acids is 4. The minimum atomic E-state index is -1.02. The number of amides is 3. The molecule has 6 aromatic rings. The molecule has 3 aliphatic rings. The summed E-state index contributed by atoms with van der Waals surface area (Å²) >= 11 is 0. The normalized spacial score (nSPS) is 19.7. The van der Waals surface area contributed by atoms with E-state index in [1.165, 1.54) is 49.6 Å². The quantitative estimate of drug-likeness (QED) is 0.0357. The number of cyclic esters (lactones) is 3. The topological polar surface area (TPSA) is 202 Å². The Balaban J connectivity index is 0.000000275. The first-order valence-corrected chi connectivity index (χ1v) is 27.6. The molecule has 0 unspecified atom stereocenters. The van der Waals surface area contributed by atoms with Crippen molar-refractivity contribution >= 4 is 38.6 Å². The van der Waals surface area contributed by atoms with E-state index in [1.54, 1.807) is 106 Å². The molecule has 451 valence electrons. The number of carboxylic acids is 1. The van der Waals surface area contributed by atoms with Gasteiger partial charge in [0.1, 0.15) is 34.3 Å². The Morgan fingerprint density at radius 2 is 0.862 bits per heavy atom. The van der Waals surface area contributed by atoms with E-state index < -0.39 is 47.0 Å². The number of ether oxygens (including phenoxy) is 4. The maximum Gasteiger partial charge on any atom is 1.00 e. The Bertz CT molecular complexity index is 3340. The third-order valence-corrected chi connectivity index (χ3v) is 15.8. The van der Waals surface area contributed by atoms with Gasteiger partial charge in [0.05, 0.1) is 43.0 Å². The molecule has 87 heavy (non-hydrogen) atoms. The molecule has 3 heterocycles. The average Bonchev–Trinajstić information content (AvgIpc) is 1.21. The average molecular weight is 1190 g/mol. The summed E-state index contributed by atoms with van der Waals surface area (Å²) in [6.07, 6.45) is 6.70. The van der Waals surface area contributed by atoms with Gasteiger partial charge in [-0.05, 0) is 120 Å². The van der Waals surface area contributed by atoms with Gasteiger partial charge < -0.3 is 49.3 Å². The Hall–Kier alpha value is -8.34. The zero-order valence-electron chi connectivity index (χ0n) is 49.6. The molecule has 0 aromatic heterocycles. The predicted molar refractivity (Wildman–Crippen MR) is 319 cm³/mol. The molecule has 6 atom stereocenters. The Labute approximate surface area is 520 Å². The number of aromatic carboxylic acids is 1. The van der Waals surface area contributed by atoms with Gasteiger partial charge in [0, 0.05) is 66.6 Å². The van der Waals surface area contributed by atoms with Gasteiger partial charge in [-0.3, -0.25) is 0 Å². The summed E-state index contributed by atoms with van der Waals surface area (Å²) in [6.45, 7) is 18.3. The van der Waals surface area contributed by atoms with Crippen molar-refractivity contribution in [1.29, 1.82) is 0 Å². The summed E-state index contributed by atoms with van der Waals surface area (Å²) in [4.78, 5) is 66.5. The molecule has 3 N–H and O–H groups in total. The van der Waals surface area contributed by atoms with Gasteiger partial charge in [-0.1, -0.05) is 103 Å². The van der Waals surface area contributed by atoms with E-state index in [4.69, 9.17) is 18.9 Å². The molecule has 3 saturated heterocycles. The number of aliphatic hydroxyl groups excluding tert-OH is 1. The smallest absolute Gasteiger partial charge is 0.870 e. The number of hydrogen-bond donors (Lipinski definition) is 2. The molecule has 3 amide bonds. The molecule has 0 saturated carbocycles. The van der Waals surface area contributed by atoms with E-state index in [0.717, 1.165) is 38.9 Å². The molecule has 3 aliphatic heterocycles. The van der Waals surface area contributed by atoms with Crippen molar-refractivity contribution in [2.45, 2.75) is 101 Å². The SMILES string of the molecule is C=CC[C@]1(c2ccc(F)cc2)CCN([C@@H](C)c2cccc(C(=O)O)c2)C(=O)O1.C=CC[C@]1(c2ccc(F)cc2)CCN([C@@H](C)c2cccc(C(=O)OC)c2)C(=O)O1.C=CC[C@]1(c2ccc(F)cc2)CCN([C@@H](C)c2cccc(CO)c2)C(=O)O1.[B].[Li+].[OH-]. The predicted octanol–water partition coefficient (Wildman–Crippen LogP) is 11.0. The second kappa shape index (κ2) is 31.9. The van der Waals surface area contributed by atoms with E-state index in [1.807, 2.05) is 51.1 Å². The molecule has 3 radical (unpaired) electrons. The summed E-state index contributed by atoms with van der Waals surface area (Å²) in [5.74, 6) is -2.47. The van der Waals surface area contributed by atoms with E-state index in [0.29, 0.717) is 63.7 Å². The second-order valence-electron chi connectivity index (χ2n) is 20.9. The number of esters is 1. The molecular formula is C67H71BF3LiN3O12. The van der Waals surface area contributed by atoms with Crippen LogP contribution in [0.25, 0.3) is 0 Å². The Morgan fingerprint density at radius 3 is 1.16 bits per heavy atom. The maximum atomic E-state index is 13.3. The van der Waals surface area contributed by atoms with Crippen LogP contribution in [-0.2, 0) is 42.4 Å². The van der Waals surface area contributed by atoms with Crippen LogP contribution < -0.4 is 18.9 Å². The largest absolute Gasteiger partial charge is 1.00 e. The van der Waals surface area contributed by atoms with Crippen LogP contribution in [0.15, 0.2) is 184 Å². The Kier molecular flexibility index (Phi) is 26.1. The van der Waals surface area contributed by atoms with Crippen molar-refractivity contribution in [1.82, 2.24) is 14.7 Å². The third-order valence-electron chi connectivity index (χ3n) is 15.8. The standard InChI is InChI=1S/C23H24FNO4.C22H22FNO4.C22H24FNO3.B.Li.H2O/c1-4-12-23(19-8-10-20(24)11-9-19)13-14-25(22(27)29-23)16(2)17-6-5-7-18(15-17)21(26)28-3;1-3-11-22(18-7-9-19(23)10-8-18)12-13-24(21(27)28-22)15(2)16-5-4-6-17(14-16)20(25)26;1-3-11-22(19-7-9-20(23)10-8-19)12-13-24(21(26)27-22)16(2)18-6-4-5-17(14-18)15-25;;;/h4-11,15-16H,1,12-14H2,2-3H3;3-10,14-15H,1,11-13H2,2H3,(H,25,26);3-10,14,16,25H,1,11-13,15H2,2H3;;;1H2/q;;;;+1;/p-1/t16-,23+;15-,22+;16-,22+;;;/m000.../s1. The molecule has 9 rings (SSSR count). The van der Waals surface area contributed by atoms with Crippen molar-refractivity contribution in [3.05, 3.63) is 251 Å². The fourth-order valence-electron chi connectivity index (χ4n) is 10.9. The first-order chi connectivity index (χ1) is 40.2. The van der Waals surface area contributed by atoms with Crippen molar-refractivity contribution in [2.24, 2.45) is 0 Å². The molecule has 0 spiro atoms. The Morgan fingerprint density at radius 1 is 0.552 bits per heavy atom. The van der Waals surface area contributed by atoms with Gasteiger partial charge in [-0.25, -0.2) is 37.1 Å². The maximum absolute atomic E-state index is 13.3. The monoisotopic (exact) mass is 1180 g/mol. The minimum Gasteiger partial charge on any atom is -0.870 e. The summed E-state index contributed by atoms with van der Waals surface area (Å²) in [6, 6.07) is 38.3. The van der Waals surface area contributed by atoms with Crippen molar-refractivity contribution in [3.8, 4) is 0 Å². The zero-order chi connectivity index (χ0) is 60.8. The first kappa shape index (κ1) is 71.1. The molecule has 20 heteroatoms. The van der Waals surface area contributed by atoms with Gasteiger partial charge in [0.2, 0.25) is 0 Å². The first-order valence-electron chi connectivity index (χ1n) is 27.6. The number of methoxy groups -OCH3 is 1. The van der Waals surface area contributed by atoms with Crippen LogP contribution in [-0.4, -0.2) is 95.8 Å². The van der Waals surface area contributed by atoms with Crippen LogP contribution in [0.2, 0.25) is 0 Å². The van der Waals surface area contributed by atoms with Gasteiger partial charge in [-0.15, -0.1) is 19.7 Å². The van der Waals surface area contributed by atoms with E-state index in [-0.39, 0.29) is 80.5 Å². The number of halogens is 3. The number of rotatable bonds is 18. The molecule has 6 aromatic carbocycles. The van der Waals surface area contributed by atoms with E-state index in [2.05, 4.69) is 19.7 Å². The van der Waals surface area contributed by atoms with Crippen LogP contribution in [0.1, 0.15) is 137 Å². The van der Waals surface area contributed by atoms with Crippen molar-refractivity contribution in [2.75, 3.05) is 26.7 Å². The molecule has 0 aliphatic carbocycles. The van der Waals surface area contributed by atoms with Crippen LogP contribution in [0.5, 0.6) is 0 Å². The van der Waals surface area contributed by atoms with Crippen LogP contribution in [0.3, 0.4) is 0 Å². The number of nitrogens with zero attached hydrogens (tertiary/aromatic N) is 3. The number of hydrogen-bond acceptors (Lipinski definition) is 11. The fourth-order valence-corrected chi connectivity index (χ4v) is 10.9. The summed E-state index contributed by atoms with van der Waals surface area (Å²) in [5, 5.41) is 18.5. The molecule has 15 nitrogen and oxygen atoms in total. The zero-order valence-corrected chi connectivity index (χ0v) is 49.6. The van der Waals surface area contributed by atoms with Crippen LogP contribution in [0, 0.1) is 17.5 Å². The molecular weight excluding hydrogens is 1110 g/mol. The molecule has 3 fully saturated rings. The summed E-state index contributed by atoms with van der Waals surface area (Å²) in [7, 11) is 1.33. The fraction of sp³-hybridized carbons (Fsp3) is 0.299. The minimum absolute atomic E-state index is 0. The van der Waals surface area contributed by atoms with Gasteiger partial charge >= 0.3 is 49.1 Å². The van der Waals surface area contributed by atoms with Gasteiger partial charge in [-0.2, -0.15) is 0 Å². The van der Waals surface area contributed by atoms with Gasteiger partial charge in [0.15, 0.2) is 0 Å². The van der Waals surface area contributed by atoms with Crippen molar-refractivity contribution < 1.29 is 90.6 Å². The number of carboxylic acid groups (broad SMARTS) is 1. The number of aliphatic hydroxyl groups is 1. The second-order valence-corrected chi connectivity index (χ2v) is 20.9. The number of carbonyl (C=O) groups is 5. The van der Waals surface area contributed by atoms with Crippen molar-refractivity contribution in [3.63, 3.8) is 0 Å². The number of benzene rings is 6. The van der Waals surface area contributed by atoms with Gasteiger partial charge in [0.25, 0.3) is 0 Å². The van der Waals surface area contributed by atoms with E-state index >= 15 is 0 Å². The molecule has 0 bridgehead atoms. The third kappa shape index (κ3) is 16.8.